The summed E-state index contributed by atoms with van der Waals surface area (Å²) in [5.74, 6) is -3.92. The number of pyridine rings is 1. The monoisotopic (exact) mass is 726 g/mol. The maximum atomic E-state index is 14.3. The summed E-state index contributed by atoms with van der Waals surface area (Å²) in [5.41, 5.74) is -3.74. The number of aromatic nitrogens is 1. The first-order chi connectivity index (χ1) is 23.3. The average Bonchev–Trinajstić information content (AvgIpc) is 3.34. The van der Waals surface area contributed by atoms with E-state index in [-0.39, 0.29) is 23.8 Å². The summed E-state index contributed by atoms with van der Waals surface area (Å²) in [6.45, 7) is 6.21. The van der Waals surface area contributed by atoms with E-state index < -0.39 is 90.9 Å². The molecule has 3 N–H and O–H groups in total. The van der Waals surface area contributed by atoms with E-state index in [0.717, 1.165) is 12.1 Å². The Morgan fingerprint density at radius 1 is 1.26 bits per heavy atom. The molecule has 1 unspecified atom stereocenters. The van der Waals surface area contributed by atoms with Crippen molar-refractivity contribution in [3.8, 4) is 5.75 Å². The summed E-state index contributed by atoms with van der Waals surface area (Å²) in [5, 5.41) is 6.60. The molecule has 3 aliphatic rings. The summed E-state index contributed by atoms with van der Waals surface area (Å²) in [6.07, 6.45) is 0.000514. The van der Waals surface area contributed by atoms with E-state index in [9.17, 15) is 32.5 Å². The number of carbonyl (C=O) groups is 3. The van der Waals surface area contributed by atoms with Crippen LogP contribution in [0.1, 0.15) is 86.3 Å². The average molecular weight is 727 g/mol. The molecule has 1 fully saturated rings. The zero-order valence-corrected chi connectivity index (χ0v) is 28.7. The molecule has 2 aromatic rings. The van der Waals surface area contributed by atoms with E-state index in [1.807, 2.05) is 6.92 Å². The molecule has 1 saturated heterocycles. The first kappa shape index (κ1) is 36.9. The number of halogens is 2. The lowest BCUT2D eigenvalue weighted by Gasteiger charge is -2.42. The van der Waals surface area contributed by atoms with Crippen LogP contribution in [0.15, 0.2) is 34.3 Å². The Balaban J connectivity index is 1.48. The van der Waals surface area contributed by atoms with Crippen molar-refractivity contribution >= 4 is 31.5 Å². The van der Waals surface area contributed by atoms with Gasteiger partial charge in [-0.15, -0.1) is 0 Å². The minimum absolute atomic E-state index is 0.0562. The normalized spacial score (nSPS) is 22.2. The molecule has 50 heavy (non-hydrogen) atoms. The molecule has 4 atom stereocenters. The largest absolute Gasteiger partial charge is 0.511 e. The second-order valence-electron chi connectivity index (χ2n) is 13.0. The number of carbonyl (C=O) groups excluding carboxylic acids is 3. The molecule has 4 heterocycles. The molecule has 1 spiro atoms. The highest BCUT2D eigenvalue weighted by molar-refractivity contribution is 7.46. The zero-order chi connectivity index (χ0) is 36.8. The Labute approximate surface area is 284 Å². The molecule has 0 radical (unpaired) electrons. The van der Waals surface area contributed by atoms with Crippen LogP contribution in [-0.4, -0.2) is 79.6 Å². The summed E-state index contributed by atoms with van der Waals surface area (Å²) < 4.78 is 60.8. The Morgan fingerprint density at radius 3 is 2.62 bits per heavy atom. The number of hydrogen-bond donors (Lipinski definition) is 3. The van der Waals surface area contributed by atoms with Gasteiger partial charge in [0.15, 0.2) is 11.3 Å². The van der Waals surface area contributed by atoms with Gasteiger partial charge in [-0.2, -0.15) is 0 Å². The highest BCUT2D eigenvalue weighted by Crippen LogP contribution is 2.46. The van der Waals surface area contributed by atoms with Crippen molar-refractivity contribution in [3.63, 3.8) is 0 Å². The van der Waals surface area contributed by atoms with E-state index >= 15 is 0 Å². The van der Waals surface area contributed by atoms with Crippen LogP contribution in [0.3, 0.4) is 0 Å². The van der Waals surface area contributed by atoms with Gasteiger partial charge in [0.2, 0.25) is 18.0 Å². The van der Waals surface area contributed by atoms with Crippen molar-refractivity contribution in [2.75, 3.05) is 13.3 Å². The molecule has 19 heteroatoms. The number of hydrogen-bond acceptors (Lipinski definition) is 11. The maximum absolute atomic E-state index is 14.3. The van der Waals surface area contributed by atoms with Gasteiger partial charge in [0.05, 0.1) is 11.8 Å². The first-order valence-electron chi connectivity index (χ1n) is 15.6. The number of ether oxygens (including phenoxy) is 3. The Bertz CT molecular complexity index is 1850. The highest BCUT2D eigenvalue weighted by atomic mass is 31.2. The van der Waals surface area contributed by atoms with Crippen molar-refractivity contribution in [2.24, 2.45) is 5.16 Å². The number of rotatable bonds is 10. The lowest BCUT2D eigenvalue weighted by molar-refractivity contribution is -0.0757. The number of phosphoric acid groups is 1. The van der Waals surface area contributed by atoms with Crippen LogP contribution in [-0.2, 0) is 29.9 Å². The number of phosphoric ester groups is 1. The smallest absolute Gasteiger partial charge is 0.451 e. The Hall–Kier alpha value is -4.38. The standard InChI is InChI=1S/C31H37F2N4O12P/c1-16-11-31(48-35-16)9-8-17(2)36-14-23(31)37-13-21(27(39)34-12-19-6-7-20(32)10-22(19)33)25(38)26(24(37)28(36)40)45-15-46-29(41)47-18(3)30(4,5)49-50(42,43)44/h6-7,10,13,17-18,23H,8-9,11-12,14-15H2,1-5H3,(H,34,39)(H2,42,43,44)/t17-,18?,23+,31-/m0/s1. The molecule has 272 valence electrons. The zero-order valence-electron chi connectivity index (χ0n) is 27.8. The topological polar surface area (TPSA) is 205 Å². The summed E-state index contributed by atoms with van der Waals surface area (Å²) in [4.78, 5) is 79.8. The number of benzene rings is 1. The van der Waals surface area contributed by atoms with E-state index in [2.05, 4.69) is 15.0 Å². The Kier molecular flexibility index (Phi) is 10.1. The molecule has 0 aliphatic carbocycles. The highest BCUT2D eigenvalue weighted by Gasteiger charge is 2.54. The van der Waals surface area contributed by atoms with Crippen LogP contribution in [0.5, 0.6) is 5.75 Å². The fourth-order valence-corrected chi connectivity index (χ4v) is 6.94. The molecule has 2 amide bonds. The van der Waals surface area contributed by atoms with Gasteiger partial charge < -0.3 is 43.6 Å². The van der Waals surface area contributed by atoms with Crippen LogP contribution in [0.2, 0.25) is 0 Å². The second kappa shape index (κ2) is 13.7. The van der Waals surface area contributed by atoms with Crippen molar-refractivity contribution in [2.45, 2.75) is 89.8 Å². The summed E-state index contributed by atoms with van der Waals surface area (Å²) >= 11 is 0. The van der Waals surface area contributed by atoms with Gasteiger partial charge in [0.25, 0.3) is 11.8 Å². The molecular formula is C31H37F2N4O12P. The van der Waals surface area contributed by atoms with Gasteiger partial charge in [-0.3, -0.25) is 18.9 Å². The summed E-state index contributed by atoms with van der Waals surface area (Å²) in [7, 11) is -4.95. The van der Waals surface area contributed by atoms with Gasteiger partial charge in [0, 0.05) is 43.4 Å². The van der Waals surface area contributed by atoms with Crippen LogP contribution in [0.4, 0.5) is 13.6 Å². The van der Waals surface area contributed by atoms with Gasteiger partial charge in [0.1, 0.15) is 28.9 Å². The number of fused-ring (bicyclic) bond motifs is 5. The summed E-state index contributed by atoms with van der Waals surface area (Å²) in [6, 6.07) is 1.85. The molecule has 5 rings (SSSR count). The maximum Gasteiger partial charge on any atom is 0.511 e. The van der Waals surface area contributed by atoms with Crippen LogP contribution >= 0.6 is 7.82 Å². The van der Waals surface area contributed by atoms with Gasteiger partial charge in [-0.05, 0) is 53.5 Å². The third-order valence-electron chi connectivity index (χ3n) is 9.11. The second-order valence-corrected chi connectivity index (χ2v) is 14.2. The SMILES string of the molecule is CC1=NO[C@@]2(CC[C@H](C)N3C[C@H]2n2cc(C(=O)NCc4ccc(F)cc4F)c(=O)c(OCOC(=O)OC(C)C(C)(C)OP(=O)(O)O)c2C3=O)C1. The lowest BCUT2D eigenvalue weighted by Crippen LogP contribution is -2.52. The predicted molar refractivity (Wildman–Crippen MR) is 168 cm³/mol. The van der Waals surface area contributed by atoms with Gasteiger partial charge in [-0.25, -0.2) is 18.1 Å². The fourth-order valence-electron chi connectivity index (χ4n) is 6.18. The molecule has 2 bridgehead atoms. The van der Waals surface area contributed by atoms with Crippen molar-refractivity contribution in [1.29, 1.82) is 0 Å². The van der Waals surface area contributed by atoms with Crippen LogP contribution in [0, 0.1) is 11.6 Å². The molecule has 3 aliphatic heterocycles. The van der Waals surface area contributed by atoms with E-state index in [1.54, 1.807) is 11.8 Å². The lowest BCUT2D eigenvalue weighted by atomic mass is 9.84. The predicted octanol–water partition coefficient (Wildman–Crippen LogP) is 3.54. The van der Waals surface area contributed by atoms with E-state index in [1.165, 1.54) is 31.5 Å². The van der Waals surface area contributed by atoms with Crippen molar-refractivity contribution in [3.05, 3.63) is 63.1 Å². The molecule has 0 saturated carbocycles. The Morgan fingerprint density at radius 2 is 1.98 bits per heavy atom. The third-order valence-corrected chi connectivity index (χ3v) is 9.82. The van der Waals surface area contributed by atoms with Crippen molar-refractivity contribution < 1.29 is 61.1 Å². The van der Waals surface area contributed by atoms with Crippen molar-refractivity contribution in [1.82, 2.24) is 14.8 Å². The molecular weight excluding hydrogens is 689 g/mol. The van der Waals surface area contributed by atoms with Crippen LogP contribution in [0.25, 0.3) is 0 Å². The number of amides is 2. The third kappa shape index (κ3) is 7.52. The minimum Gasteiger partial charge on any atom is -0.451 e. The number of oxime groups is 1. The van der Waals surface area contributed by atoms with E-state index in [0.29, 0.717) is 31.0 Å². The molecule has 16 nitrogen and oxygen atoms in total. The van der Waals surface area contributed by atoms with Gasteiger partial charge in [-0.1, -0.05) is 11.2 Å². The van der Waals surface area contributed by atoms with Gasteiger partial charge >= 0.3 is 14.0 Å². The van der Waals surface area contributed by atoms with E-state index in [4.69, 9.17) is 28.8 Å². The quantitative estimate of drug-likeness (QED) is 0.183. The minimum atomic E-state index is -4.95. The molecule has 1 aromatic heterocycles. The number of nitrogens with one attached hydrogen (secondary N) is 1. The van der Waals surface area contributed by atoms with Crippen LogP contribution < -0.4 is 15.5 Å². The molecule has 1 aromatic carbocycles. The first-order valence-corrected chi connectivity index (χ1v) is 17.1. The fraction of sp³-hybridized carbons (Fsp3) is 0.516. The number of nitrogens with zero attached hydrogens (tertiary/aromatic N) is 3.